The lowest BCUT2D eigenvalue weighted by molar-refractivity contribution is 1.01. The Hall–Kier alpha value is -2.41. The Kier molecular flexibility index (Phi) is 3.66. The van der Waals surface area contributed by atoms with Crippen LogP contribution in [-0.4, -0.2) is 9.97 Å². The van der Waals surface area contributed by atoms with Gasteiger partial charge in [0, 0.05) is 12.7 Å². The number of nitriles is 1. The van der Waals surface area contributed by atoms with E-state index in [1.54, 1.807) is 12.3 Å². The Balaban J connectivity index is 2.00. The van der Waals surface area contributed by atoms with Crippen LogP contribution in [0.2, 0.25) is 0 Å². The molecular weight excluding hydrogens is 212 g/mol. The molecule has 0 amide bonds. The maximum absolute atomic E-state index is 8.59. The molecule has 0 aliphatic rings. The van der Waals surface area contributed by atoms with E-state index in [0.29, 0.717) is 18.9 Å². The van der Waals surface area contributed by atoms with E-state index >= 15 is 0 Å². The van der Waals surface area contributed by atoms with Gasteiger partial charge in [-0.1, -0.05) is 30.3 Å². The summed E-state index contributed by atoms with van der Waals surface area (Å²) in [7, 11) is 0. The summed E-state index contributed by atoms with van der Waals surface area (Å²) in [6.45, 7) is 0.677. The number of hydrogen-bond donors (Lipinski definition) is 1. The van der Waals surface area contributed by atoms with E-state index in [2.05, 4.69) is 21.4 Å². The minimum absolute atomic E-state index is 0.308. The van der Waals surface area contributed by atoms with Gasteiger partial charge in [0.15, 0.2) is 0 Å². The Morgan fingerprint density at radius 2 is 2.00 bits per heavy atom. The molecule has 0 atom stereocenters. The van der Waals surface area contributed by atoms with E-state index in [1.165, 1.54) is 5.56 Å². The molecule has 84 valence electrons. The molecule has 0 fully saturated rings. The summed E-state index contributed by atoms with van der Waals surface area (Å²) in [4.78, 5) is 8.34. The van der Waals surface area contributed by atoms with E-state index in [4.69, 9.17) is 5.26 Å². The normalized spacial score (nSPS) is 9.59. The number of nitrogens with one attached hydrogen (secondary N) is 1. The van der Waals surface area contributed by atoms with Gasteiger partial charge in [0.05, 0.1) is 18.2 Å². The molecule has 17 heavy (non-hydrogen) atoms. The maximum atomic E-state index is 8.59. The molecule has 1 N–H and O–H groups in total. The molecule has 0 bridgehead atoms. The molecule has 2 aromatic rings. The van der Waals surface area contributed by atoms with Crippen molar-refractivity contribution in [1.82, 2.24) is 9.97 Å². The molecule has 4 heteroatoms. The predicted molar refractivity (Wildman–Crippen MR) is 65.1 cm³/mol. The van der Waals surface area contributed by atoms with Gasteiger partial charge in [-0.3, -0.25) is 0 Å². The van der Waals surface area contributed by atoms with Crippen LogP contribution >= 0.6 is 0 Å². The third-order valence-electron chi connectivity index (χ3n) is 2.27. The van der Waals surface area contributed by atoms with Crippen molar-refractivity contribution in [2.24, 2.45) is 0 Å². The number of benzene rings is 1. The first-order chi connectivity index (χ1) is 8.38. The zero-order valence-corrected chi connectivity index (χ0v) is 9.30. The minimum Gasteiger partial charge on any atom is -0.350 e. The number of nitrogens with zero attached hydrogens (tertiary/aromatic N) is 3. The van der Waals surface area contributed by atoms with Crippen molar-refractivity contribution < 1.29 is 0 Å². The van der Waals surface area contributed by atoms with Gasteiger partial charge in [-0.15, -0.1) is 0 Å². The monoisotopic (exact) mass is 224 g/mol. The van der Waals surface area contributed by atoms with Gasteiger partial charge in [-0.05, 0) is 11.6 Å². The van der Waals surface area contributed by atoms with Crippen LogP contribution in [0.1, 0.15) is 11.3 Å². The Bertz CT molecular complexity index is 516. The molecule has 0 unspecified atom stereocenters. The third kappa shape index (κ3) is 3.28. The highest BCUT2D eigenvalue weighted by Gasteiger charge is 1.98. The third-order valence-corrected chi connectivity index (χ3v) is 2.27. The van der Waals surface area contributed by atoms with E-state index in [0.717, 1.165) is 5.69 Å². The Labute approximate surface area is 100.0 Å². The van der Waals surface area contributed by atoms with Crippen LogP contribution in [0.5, 0.6) is 0 Å². The average Bonchev–Trinajstić information content (AvgIpc) is 2.39. The van der Waals surface area contributed by atoms with Gasteiger partial charge in [0.25, 0.3) is 0 Å². The molecule has 1 aromatic carbocycles. The van der Waals surface area contributed by atoms with Crippen LogP contribution < -0.4 is 5.32 Å². The summed E-state index contributed by atoms with van der Waals surface area (Å²) in [6, 6.07) is 13.8. The zero-order valence-electron chi connectivity index (χ0n) is 9.30. The molecule has 1 heterocycles. The second-order valence-electron chi connectivity index (χ2n) is 3.55. The minimum atomic E-state index is 0.308. The number of anilines is 1. The predicted octanol–water partition coefficient (Wildman–Crippen LogP) is 2.15. The second kappa shape index (κ2) is 5.61. The smallest absolute Gasteiger partial charge is 0.223 e. The van der Waals surface area contributed by atoms with Gasteiger partial charge in [0.2, 0.25) is 5.95 Å². The zero-order chi connectivity index (χ0) is 11.9. The standard InChI is InChI=1S/C13H12N4/c14-8-6-12-7-9-15-13(17-12)16-10-11-4-2-1-3-5-11/h1-5,7,9H,6,10H2,(H,15,16,17). The quantitative estimate of drug-likeness (QED) is 0.864. The van der Waals surface area contributed by atoms with Gasteiger partial charge in [0.1, 0.15) is 0 Å². The van der Waals surface area contributed by atoms with Crippen LogP contribution in [-0.2, 0) is 13.0 Å². The van der Waals surface area contributed by atoms with Crippen molar-refractivity contribution in [3.63, 3.8) is 0 Å². The van der Waals surface area contributed by atoms with Crippen molar-refractivity contribution in [2.75, 3.05) is 5.32 Å². The van der Waals surface area contributed by atoms with Gasteiger partial charge >= 0.3 is 0 Å². The summed E-state index contributed by atoms with van der Waals surface area (Å²) < 4.78 is 0. The summed E-state index contributed by atoms with van der Waals surface area (Å²) >= 11 is 0. The van der Waals surface area contributed by atoms with Crippen molar-refractivity contribution in [3.05, 3.63) is 53.9 Å². The molecule has 1 aromatic heterocycles. The molecule has 0 aliphatic carbocycles. The number of aromatic nitrogens is 2. The first-order valence-electron chi connectivity index (χ1n) is 5.35. The summed E-state index contributed by atoms with van der Waals surface area (Å²) in [5.41, 5.74) is 1.90. The van der Waals surface area contributed by atoms with Crippen LogP contribution in [0.15, 0.2) is 42.6 Å². The van der Waals surface area contributed by atoms with Crippen LogP contribution in [0, 0.1) is 11.3 Å². The SMILES string of the molecule is N#CCc1ccnc(NCc2ccccc2)n1. The fourth-order valence-corrected chi connectivity index (χ4v) is 1.44. The highest BCUT2D eigenvalue weighted by Crippen LogP contribution is 2.04. The highest BCUT2D eigenvalue weighted by molar-refractivity contribution is 5.28. The second-order valence-corrected chi connectivity index (χ2v) is 3.55. The van der Waals surface area contributed by atoms with E-state index in [1.807, 2.05) is 30.3 Å². The van der Waals surface area contributed by atoms with Gasteiger partial charge in [-0.25, -0.2) is 9.97 Å². The van der Waals surface area contributed by atoms with E-state index in [-0.39, 0.29) is 0 Å². The lowest BCUT2D eigenvalue weighted by Crippen LogP contribution is -2.04. The molecule has 0 saturated carbocycles. The van der Waals surface area contributed by atoms with E-state index in [9.17, 15) is 0 Å². The topological polar surface area (TPSA) is 61.6 Å². The summed E-state index contributed by atoms with van der Waals surface area (Å²) in [5.74, 6) is 0.557. The largest absolute Gasteiger partial charge is 0.350 e. The Morgan fingerprint density at radius 3 is 2.76 bits per heavy atom. The lowest BCUT2D eigenvalue weighted by Gasteiger charge is -2.05. The molecule has 4 nitrogen and oxygen atoms in total. The summed E-state index contributed by atoms with van der Waals surface area (Å²) in [5, 5.41) is 11.7. The average molecular weight is 224 g/mol. The van der Waals surface area contributed by atoms with Gasteiger partial charge in [-0.2, -0.15) is 5.26 Å². The molecular formula is C13H12N4. The summed E-state index contributed by atoms with van der Waals surface area (Å²) in [6.07, 6.45) is 1.97. The molecule has 0 spiro atoms. The van der Waals surface area contributed by atoms with Crippen molar-refractivity contribution in [2.45, 2.75) is 13.0 Å². The van der Waals surface area contributed by atoms with Gasteiger partial charge < -0.3 is 5.32 Å². The van der Waals surface area contributed by atoms with Crippen LogP contribution in [0.4, 0.5) is 5.95 Å². The Morgan fingerprint density at radius 1 is 1.18 bits per heavy atom. The number of hydrogen-bond acceptors (Lipinski definition) is 4. The van der Waals surface area contributed by atoms with Crippen LogP contribution in [0.25, 0.3) is 0 Å². The first kappa shape index (κ1) is 11.1. The maximum Gasteiger partial charge on any atom is 0.223 e. The van der Waals surface area contributed by atoms with Crippen molar-refractivity contribution >= 4 is 5.95 Å². The molecule has 0 aliphatic heterocycles. The highest BCUT2D eigenvalue weighted by atomic mass is 15.1. The fourth-order valence-electron chi connectivity index (χ4n) is 1.44. The van der Waals surface area contributed by atoms with Crippen LogP contribution in [0.3, 0.4) is 0 Å². The van der Waals surface area contributed by atoms with E-state index < -0.39 is 0 Å². The first-order valence-corrected chi connectivity index (χ1v) is 5.35. The fraction of sp³-hybridized carbons (Fsp3) is 0.154. The molecule has 0 radical (unpaired) electrons. The lowest BCUT2D eigenvalue weighted by atomic mass is 10.2. The molecule has 2 rings (SSSR count). The number of rotatable bonds is 4. The molecule has 0 saturated heterocycles. The van der Waals surface area contributed by atoms with Crippen molar-refractivity contribution in [3.8, 4) is 6.07 Å². The van der Waals surface area contributed by atoms with Crippen molar-refractivity contribution in [1.29, 1.82) is 5.26 Å².